The second-order valence-electron chi connectivity index (χ2n) is 6.22. The number of hydrogen-bond acceptors (Lipinski definition) is 3. The largest absolute Gasteiger partial charge is 0.316 e. The fourth-order valence-electron chi connectivity index (χ4n) is 3.48. The summed E-state index contributed by atoms with van der Waals surface area (Å²) in [7, 11) is 4.21. The third-order valence-corrected chi connectivity index (χ3v) is 4.16. The first kappa shape index (κ1) is 14.5. The maximum atomic E-state index is 4.25. The average Bonchev–Trinajstić information content (AvgIpc) is 2.75. The Morgan fingerprint density at radius 3 is 2.95 bits per heavy atom. The molecule has 1 aromatic rings. The van der Waals surface area contributed by atoms with Gasteiger partial charge in [-0.1, -0.05) is 13.3 Å². The van der Waals surface area contributed by atoms with Gasteiger partial charge in [-0.3, -0.25) is 4.68 Å². The Bertz CT molecular complexity index is 374. The van der Waals surface area contributed by atoms with Gasteiger partial charge < -0.3 is 10.2 Å². The van der Waals surface area contributed by atoms with Crippen LogP contribution in [0.3, 0.4) is 0 Å². The Balaban J connectivity index is 1.92. The molecule has 2 heterocycles. The lowest BCUT2D eigenvalue weighted by Crippen LogP contribution is -2.46. The van der Waals surface area contributed by atoms with Crippen LogP contribution in [-0.2, 0) is 13.6 Å². The molecular formula is C15H28N4. The maximum absolute atomic E-state index is 4.25. The fraction of sp³-hybridized carbons (Fsp3) is 0.800. The highest BCUT2D eigenvalue weighted by Gasteiger charge is 2.32. The highest BCUT2D eigenvalue weighted by molar-refractivity contribution is 5.03. The number of nitrogens with zero attached hydrogens (tertiary/aromatic N) is 3. The smallest absolute Gasteiger partial charge is 0.0534 e. The Hall–Kier alpha value is -0.870. The average molecular weight is 264 g/mol. The summed E-state index contributed by atoms with van der Waals surface area (Å²) < 4.78 is 1.88. The molecule has 1 saturated heterocycles. The van der Waals surface area contributed by atoms with E-state index in [1.807, 2.05) is 17.9 Å². The van der Waals surface area contributed by atoms with Crippen molar-refractivity contribution in [2.75, 3.05) is 26.7 Å². The zero-order chi connectivity index (χ0) is 13.7. The lowest BCUT2D eigenvalue weighted by molar-refractivity contribution is 0.118. The predicted molar refractivity (Wildman–Crippen MR) is 79.0 cm³/mol. The second-order valence-corrected chi connectivity index (χ2v) is 6.22. The minimum absolute atomic E-state index is 0.476. The van der Waals surface area contributed by atoms with Gasteiger partial charge >= 0.3 is 0 Å². The molecule has 1 aromatic heterocycles. The van der Waals surface area contributed by atoms with Crippen molar-refractivity contribution in [2.45, 2.75) is 39.2 Å². The van der Waals surface area contributed by atoms with Gasteiger partial charge in [0.2, 0.25) is 0 Å². The Kier molecular flexibility index (Phi) is 4.99. The van der Waals surface area contributed by atoms with Crippen molar-refractivity contribution in [1.29, 1.82) is 0 Å². The first-order valence-electron chi connectivity index (χ1n) is 7.50. The van der Waals surface area contributed by atoms with Gasteiger partial charge in [0.25, 0.3) is 0 Å². The van der Waals surface area contributed by atoms with Crippen LogP contribution in [0.2, 0.25) is 0 Å². The van der Waals surface area contributed by atoms with E-state index < -0.39 is 0 Å². The number of piperidine rings is 1. The van der Waals surface area contributed by atoms with Gasteiger partial charge in [-0.2, -0.15) is 5.10 Å². The standard InChI is InChI=1S/C15H28N4/c1-4-6-15(7-5-8-16-12-15)13-18(2)10-14-9-17-19(3)11-14/h9,11,16H,4-8,10,12-13H2,1-3H3. The molecule has 4 nitrogen and oxygen atoms in total. The van der Waals surface area contributed by atoms with E-state index in [0.29, 0.717) is 5.41 Å². The number of nitrogens with one attached hydrogen (secondary N) is 1. The van der Waals surface area contributed by atoms with Gasteiger partial charge in [0.05, 0.1) is 6.20 Å². The van der Waals surface area contributed by atoms with Crippen LogP contribution in [-0.4, -0.2) is 41.4 Å². The molecule has 1 fully saturated rings. The summed E-state index contributed by atoms with van der Waals surface area (Å²) in [4.78, 5) is 2.46. The summed E-state index contributed by atoms with van der Waals surface area (Å²) >= 11 is 0. The van der Waals surface area contributed by atoms with Crippen LogP contribution in [0.1, 0.15) is 38.2 Å². The lowest BCUT2D eigenvalue weighted by atomic mass is 9.76. The maximum Gasteiger partial charge on any atom is 0.0534 e. The Morgan fingerprint density at radius 2 is 2.37 bits per heavy atom. The van der Waals surface area contributed by atoms with Crippen molar-refractivity contribution >= 4 is 0 Å². The van der Waals surface area contributed by atoms with Crippen LogP contribution in [0.4, 0.5) is 0 Å². The summed E-state index contributed by atoms with van der Waals surface area (Å²) in [6.45, 7) is 6.86. The molecule has 0 radical (unpaired) electrons. The van der Waals surface area contributed by atoms with Crippen molar-refractivity contribution in [3.05, 3.63) is 18.0 Å². The van der Waals surface area contributed by atoms with Crippen molar-refractivity contribution in [1.82, 2.24) is 20.0 Å². The van der Waals surface area contributed by atoms with E-state index in [-0.39, 0.29) is 0 Å². The zero-order valence-corrected chi connectivity index (χ0v) is 12.7. The minimum atomic E-state index is 0.476. The SMILES string of the molecule is CCCC1(CN(C)Cc2cnn(C)c2)CCCNC1. The second kappa shape index (κ2) is 6.53. The molecule has 4 heteroatoms. The number of aryl methyl sites for hydroxylation is 1. The van der Waals surface area contributed by atoms with E-state index in [4.69, 9.17) is 0 Å². The molecule has 0 aromatic carbocycles. The molecule has 2 rings (SSSR count). The highest BCUT2D eigenvalue weighted by atomic mass is 15.2. The molecule has 0 aliphatic carbocycles. The molecule has 0 amide bonds. The normalized spacial score (nSPS) is 24.0. The molecule has 1 aliphatic heterocycles. The van der Waals surface area contributed by atoms with Gasteiger partial charge in [0, 0.05) is 38.4 Å². The van der Waals surface area contributed by atoms with Crippen molar-refractivity contribution < 1.29 is 0 Å². The first-order chi connectivity index (χ1) is 9.13. The highest BCUT2D eigenvalue weighted by Crippen LogP contribution is 2.32. The summed E-state index contributed by atoms with van der Waals surface area (Å²) in [6.07, 6.45) is 9.38. The van der Waals surface area contributed by atoms with Crippen LogP contribution < -0.4 is 5.32 Å². The van der Waals surface area contributed by atoms with Crippen molar-refractivity contribution in [2.24, 2.45) is 12.5 Å². The van der Waals surface area contributed by atoms with E-state index in [1.54, 1.807) is 0 Å². The van der Waals surface area contributed by atoms with E-state index in [1.165, 1.54) is 50.9 Å². The summed E-state index contributed by atoms with van der Waals surface area (Å²) in [5, 5.41) is 7.84. The van der Waals surface area contributed by atoms with Crippen molar-refractivity contribution in [3.63, 3.8) is 0 Å². The van der Waals surface area contributed by atoms with Crippen LogP contribution >= 0.6 is 0 Å². The molecule has 1 unspecified atom stereocenters. The topological polar surface area (TPSA) is 33.1 Å². The molecule has 1 atom stereocenters. The van der Waals surface area contributed by atoms with E-state index in [2.05, 4.69) is 35.5 Å². The van der Waals surface area contributed by atoms with E-state index in [0.717, 1.165) is 6.54 Å². The van der Waals surface area contributed by atoms with Crippen LogP contribution in [0, 0.1) is 5.41 Å². The number of rotatable bonds is 6. The number of hydrogen-bond donors (Lipinski definition) is 1. The molecule has 108 valence electrons. The van der Waals surface area contributed by atoms with E-state index in [9.17, 15) is 0 Å². The monoisotopic (exact) mass is 264 g/mol. The zero-order valence-electron chi connectivity index (χ0n) is 12.7. The van der Waals surface area contributed by atoms with E-state index >= 15 is 0 Å². The van der Waals surface area contributed by atoms with Gasteiger partial charge in [-0.05, 0) is 38.3 Å². The van der Waals surface area contributed by atoms with Crippen LogP contribution in [0.15, 0.2) is 12.4 Å². The summed E-state index contributed by atoms with van der Waals surface area (Å²) in [6, 6.07) is 0. The lowest BCUT2D eigenvalue weighted by Gasteiger charge is -2.40. The molecule has 0 saturated carbocycles. The third-order valence-electron chi connectivity index (χ3n) is 4.16. The van der Waals surface area contributed by atoms with Gasteiger partial charge in [0.1, 0.15) is 0 Å². The third kappa shape index (κ3) is 4.05. The molecule has 1 N–H and O–H groups in total. The Morgan fingerprint density at radius 1 is 1.53 bits per heavy atom. The molecule has 1 aliphatic rings. The van der Waals surface area contributed by atoms with Crippen LogP contribution in [0.25, 0.3) is 0 Å². The van der Waals surface area contributed by atoms with Crippen molar-refractivity contribution in [3.8, 4) is 0 Å². The quantitative estimate of drug-likeness (QED) is 0.853. The molecule has 19 heavy (non-hydrogen) atoms. The Labute approximate surface area is 117 Å². The molecule has 0 bridgehead atoms. The molecular weight excluding hydrogens is 236 g/mol. The summed E-state index contributed by atoms with van der Waals surface area (Å²) in [5.74, 6) is 0. The molecule has 0 spiro atoms. The minimum Gasteiger partial charge on any atom is -0.316 e. The van der Waals surface area contributed by atoms with Crippen LogP contribution in [0.5, 0.6) is 0 Å². The fourth-order valence-corrected chi connectivity index (χ4v) is 3.48. The first-order valence-corrected chi connectivity index (χ1v) is 7.50. The van der Waals surface area contributed by atoms with Gasteiger partial charge in [-0.25, -0.2) is 0 Å². The number of aromatic nitrogens is 2. The summed E-state index contributed by atoms with van der Waals surface area (Å²) in [5.41, 5.74) is 1.78. The predicted octanol–water partition coefficient (Wildman–Crippen LogP) is 2.02. The van der Waals surface area contributed by atoms with Gasteiger partial charge in [-0.15, -0.1) is 0 Å². The van der Waals surface area contributed by atoms with Gasteiger partial charge in [0.15, 0.2) is 0 Å².